The molecule has 0 aromatic carbocycles. The van der Waals surface area contributed by atoms with Crippen LogP contribution in [-0.4, -0.2) is 35.1 Å². The first-order valence-corrected chi connectivity index (χ1v) is 4.88. The third-order valence-corrected chi connectivity index (χ3v) is 2.33. The fourth-order valence-electron chi connectivity index (χ4n) is 1.57. The van der Waals surface area contributed by atoms with Crippen LogP contribution in [0.1, 0.15) is 18.1 Å². The molecular weight excluding hydrogens is 184 g/mol. The Bertz CT molecular complexity index is 281. The standard InChI is InChI=1S/C9H14N2O3/c12-3-1-9-10-8(11-14-9)5-7-2-4-13-6-7/h7,12H,1-6H2. The molecule has 0 saturated carbocycles. The van der Waals surface area contributed by atoms with Crippen molar-refractivity contribution in [1.29, 1.82) is 0 Å². The Hall–Kier alpha value is -0.940. The molecule has 2 rings (SSSR count). The van der Waals surface area contributed by atoms with E-state index in [-0.39, 0.29) is 6.61 Å². The van der Waals surface area contributed by atoms with Crippen LogP contribution in [0.15, 0.2) is 4.52 Å². The highest BCUT2D eigenvalue weighted by Gasteiger charge is 2.18. The molecule has 1 atom stereocenters. The zero-order valence-electron chi connectivity index (χ0n) is 7.98. The number of ether oxygens (including phenoxy) is 1. The van der Waals surface area contributed by atoms with Gasteiger partial charge >= 0.3 is 0 Å². The SMILES string of the molecule is OCCc1nc(CC2CCOC2)no1. The average molecular weight is 198 g/mol. The van der Waals surface area contributed by atoms with E-state index in [2.05, 4.69) is 10.1 Å². The molecule has 0 amide bonds. The Balaban J connectivity index is 1.88. The van der Waals surface area contributed by atoms with Crippen LogP contribution in [-0.2, 0) is 17.6 Å². The van der Waals surface area contributed by atoms with Gasteiger partial charge in [0.25, 0.3) is 0 Å². The molecule has 1 N–H and O–H groups in total. The van der Waals surface area contributed by atoms with Crippen LogP contribution < -0.4 is 0 Å². The number of aromatic nitrogens is 2. The highest BCUT2D eigenvalue weighted by molar-refractivity contribution is 4.89. The minimum Gasteiger partial charge on any atom is -0.396 e. The van der Waals surface area contributed by atoms with Crippen LogP contribution >= 0.6 is 0 Å². The van der Waals surface area contributed by atoms with Crippen LogP contribution in [0.2, 0.25) is 0 Å². The molecule has 0 radical (unpaired) electrons. The molecule has 1 fully saturated rings. The highest BCUT2D eigenvalue weighted by Crippen LogP contribution is 2.16. The summed E-state index contributed by atoms with van der Waals surface area (Å²) in [5.41, 5.74) is 0. The van der Waals surface area contributed by atoms with Gasteiger partial charge < -0.3 is 14.4 Å². The molecule has 5 heteroatoms. The van der Waals surface area contributed by atoms with Gasteiger partial charge in [-0.05, 0) is 12.3 Å². The van der Waals surface area contributed by atoms with E-state index in [0.29, 0.717) is 18.2 Å². The van der Waals surface area contributed by atoms with Crippen molar-refractivity contribution in [3.8, 4) is 0 Å². The fraction of sp³-hybridized carbons (Fsp3) is 0.778. The molecule has 1 aliphatic heterocycles. The molecule has 14 heavy (non-hydrogen) atoms. The van der Waals surface area contributed by atoms with Crippen molar-refractivity contribution in [2.24, 2.45) is 5.92 Å². The van der Waals surface area contributed by atoms with Gasteiger partial charge in [0.1, 0.15) is 0 Å². The van der Waals surface area contributed by atoms with Gasteiger partial charge in [0.15, 0.2) is 5.82 Å². The topological polar surface area (TPSA) is 68.4 Å². The van der Waals surface area contributed by atoms with Crippen molar-refractivity contribution in [1.82, 2.24) is 10.1 Å². The third kappa shape index (κ3) is 2.30. The molecule has 5 nitrogen and oxygen atoms in total. The maximum atomic E-state index is 8.67. The van der Waals surface area contributed by atoms with E-state index in [1.54, 1.807) is 0 Å². The Labute approximate surface area is 82.1 Å². The monoisotopic (exact) mass is 198 g/mol. The van der Waals surface area contributed by atoms with Crippen LogP contribution in [0.3, 0.4) is 0 Å². The Morgan fingerprint density at radius 2 is 2.43 bits per heavy atom. The average Bonchev–Trinajstić information content (AvgIpc) is 2.79. The summed E-state index contributed by atoms with van der Waals surface area (Å²) in [6.45, 7) is 1.68. The van der Waals surface area contributed by atoms with Gasteiger partial charge in [-0.15, -0.1) is 0 Å². The lowest BCUT2D eigenvalue weighted by molar-refractivity contribution is 0.185. The Morgan fingerprint density at radius 3 is 3.14 bits per heavy atom. The molecule has 1 aliphatic rings. The van der Waals surface area contributed by atoms with Crippen molar-refractivity contribution in [2.75, 3.05) is 19.8 Å². The van der Waals surface area contributed by atoms with Gasteiger partial charge in [-0.25, -0.2) is 0 Å². The Morgan fingerprint density at radius 1 is 1.50 bits per heavy atom. The van der Waals surface area contributed by atoms with E-state index in [9.17, 15) is 0 Å². The maximum Gasteiger partial charge on any atom is 0.228 e. The zero-order valence-corrected chi connectivity index (χ0v) is 7.98. The van der Waals surface area contributed by atoms with Crippen LogP contribution in [0.4, 0.5) is 0 Å². The number of nitrogens with zero attached hydrogens (tertiary/aromatic N) is 2. The van der Waals surface area contributed by atoms with Crippen LogP contribution in [0.25, 0.3) is 0 Å². The van der Waals surface area contributed by atoms with E-state index >= 15 is 0 Å². The first kappa shape index (κ1) is 9.61. The summed E-state index contributed by atoms with van der Waals surface area (Å²) in [4.78, 5) is 4.17. The lowest BCUT2D eigenvalue weighted by Gasteiger charge is -2.00. The van der Waals surface area contributed by atoms with Crippen molar-refractivity contribution >= 4 is 0 Å². The second-order valence-electron chi connectivity index (χ2n) is 3.51. The largest absolute Gasteiger partial charge is 0.396 e. The van der Waals surface area contributed by atoms with Gasteiger partial charge in [0.2, 0.25) is 5.89 Å². The lowest BCUT2D eigenvalue weighted by atomic mass is 10.1. The van der Waals surface area contributed by atoms with Gasteiger partial charge in [-0.1, -0.05) is 5.16 Å². The van der Waals surface area contributed by atoms with Crippen molar-refractivity contribution < 1.29 is 14.4 Å². The van der Waals surface area contributed by atoms with Crippen molar-refractivity contribution in [3.05, 3.63) is 11.7 Å². The number of aliphatic hydroxyl groups is 1. The molecule has 1 aromatic heterocycles. The molecule has 1 saturated heterocycles. The lowest BCUT2D eigenvalue weighted by Crippen LogP contribution is -2.05. The van der Waals surface area contributed by atoms with Gasteiger partial charge in [-0.2, -0.15) is 4.98 Å². The first-order valence-electron chi connectivity index (χ1n) is 4.88. The van der Waals surface area contributed by atoms with E-state index in [1.807, 2.05) is 0 Å². The molecule has 1 unspecified atom stereocenters. The Kier molecular flexibility index (Phi) is 3.10. The summed E-state index contributed by atoms with van der Waals surface area (Å²) >= 11 is 0. The van der Waals surface area contributed by atoms with Gasteiger partial charge in [-0.3, -0.25) is 0 Å². The summed E-state index contributed by atoms with van der Waals surface area (Å²) in [5.74, 6) is 1.76. The molecule has 0 aliphatic carbocycles. The van der Waals surface area contributed by atoms with E-state index in [0.717, 1.165) is 31.9 Å². The third-order valence-electron chi connectivity index (χ3n) is 2.33. The van der Waals surface area contributed by atoms with E-state index < -0.39 is 0 Å². The zero-order chi connectivity index (χ0) is 9.80. The molecule has 1 aromatic rings. The van der Waals surface area contributed by atoms with Crippen LogP contribution in [0.5, 0.6) is 0 Å². The van der Waals surface area contributed by atoms with Crippen LogP contribution in [0, 0.1) is 5.92 Å². The second kappa shape index (κ2) is 4.52. The maximum absolute atomic E-state index is 8.67. The summed E-state index contributed by atoms with van der Waals surface area (Å²) in [7, 11) is 0. The summed E-state index contributed by atoms with van der Waals surface area (Å²) < 4.78 is 10.2. The number of rotatable bonds is 4. The fourth-order valence-corrected chi connectivity index (χ4v) is 1.57. The number of hydrogen-bond acceptors (Lipinski definition) is 5. The summed E-state index contributed by atoms with van der Waals surface area (Å²) in [6, 6.07) is 0. The number of aliphatic hydroxyl groups excluding tert-OH is 1. The molecule has 78 valence electrons. The predicted molar refractivity (Wildman–Crippen MR) is 47.7 cm³/mol. The smallest absolute Gasteiger partial charge is 0.228 e. The molecule has 0 spiro atoms. The first-order chi connectivity index (χ1) is 6.88. The van der Waals surface area contributed by atoms with Gasteiger partial charge in [0, 0.05) is 19.6 Å². The molecular formula is C9H14N2O3. The highest BCUT2D eigenvalue weighted by atomic mass is 16.5. The predicted octanol–water partition coefficient (Wildman–Crippen LogP) is 0.183. The normalized spacial score (nSPS) is 21.6. The summed E-state index contributed by atoms with van der Waals surface area (Å²) in [6.07, 6.45) is 2.33. The number of hydrogen-bond donors (Lipinski definition) is 1. The van der Waals surface area contributed by atoms with Crippen molar-refractivity contribution in [2.45, 2.75) is 19.3 Å². The molecule has 0 bridgehead atoms. The van der Waals surface area contributed by atoms with E-state index in [1.165, 1.54) is 0 Å². The van der Waals surface area contributed by atoms with E-state index in [4.69, 9.17) is 14.4 Å². The van der Waals surface area contributed by atoms with Crippen molar-refractivity contribution in [3.63, 3.8) is 0 Å². The second-order valence-corrected chi connectivity index (χ2v) is 3.51. The summed E-state index contributed by atoms with van der Waals surface area (Å²) in [5, 5.41) is 12.5. The van der Waals surface area contributed by atoms with Gasteiger partial charge in [0.05, 0.1) is 13.0 Å². The quantitative estimate of drug-likeness (QED) is 0.747. The minimum atomic E-state index is 0.0498. The molecule has 2 heterocycles. The minimum absolute atomic E-state index is 0.0498.